The molecule has 2 heterocycles. The van der Waals surface area contributed by atoms with Crippen LogP contribution < -0.4 is 15.6 Å². The van der Waals surface area contributed by atoms with Crippen molar-refractivity contribution in [2.45, 2.75) is 23.8 Å². The van der Waals surface area contributed by atoms with E-state index in [1.807, 2.05) is 12.1 Å². The molecule has 0 unspecified atom stereocenters. The van der Waals surface area contributed by atoms with E-state index in [9.17, 15) is 18.0 Å². The van der Waals surface area contributed by atoms with E-state index in [1.165, 1.54) is 24.3 Å². The number of carbonyl (C=O) groups is 2. The number of aromatic nitrogens is 2. The molecule has 0 aliphatic heterocycles. The third-order valence-corrected chi connectivity index (χ3v) is 7.04. The van der Waals surface area contributed by atoms with E-state index in [0.717, 1.165) is 12.8 Å². The molecule has 35 heavy (non-hydrogen) atoms. The van der Waals surface area contributed by atoms with Gasteiger partial charge in [-0.1, -0.05) is 24.3 Å². The standard InChI is InChI=1S/C25H21N5O4S/c31-24(16-8-12-18(13-9-16)35(33,34)30-17-10-11-17)28-29-25(32)20-15-23(22-7-3-4-14-26-22)27-21-6-2-1-5-19(20)21/h1-9,12-15,17,30H,10-11H2,(H,28,31)(H,29,32). The van der Waals surface area contributed by atoms with Crippen molar-refractivity contribution in [3.8, 4) is 11.4 Å². The quantitative estimate of drug-likeness (QED) is 0.359. The Balaban J connectivity index is 1.33. The van der Waals surface area contributed by atoms with Crippen LogP contribution in [-0.2, 0) is 10.0 Å². The number of hydrogen-bond acceptors (Lipinski definition) is 6. The molecule has 0 spiro atoms. The second-order valence-corrected chi connectivity index (χ2v) is 9.83. The minimum atomic E-state index is -3.61. The zero-order chi connectivity index (χ0) is 24.4. The number of carbonyl (C=O) groups excluding carboxylic acids is 2. The number of fused-ring (bicyclic) bond motifs is 1. The fourth-order valence-electron chi connectivity index (χ4n) is 3.54. The summed E-state index contributed by atoms with van der Waals surface area (Å²) in [7, 11) is -3.61. The van der Waals surface area contributed by atoms with Crippen molar-refractivity contribution in [2.75, 3.05) is 0 Å². The van der Waals surface area contributed by atoms with E-state index >= 15 is 0 Å². The third-order valence-electron chi connectivity index (χ3n) is 5.50. The van der Waals surface area contributed by atoms with Crippen molar-refractivity contribution in [1.29, 1.82) is 0 Å². The van der Waals surface area contributed by atoms with E-state index < -0.39 is 21.8 Å². The highest BCUT2D eigenvalue weighted by Crippen LogP contribution is 2.24. The Morgan fingerprint density at radius 1 is 0.829 bits per heavy atom. The van der Waals surface area contributed by atoms with Crippen LogP contribution in [0, 0.1) is 0 Å². The van der Waals surface area contributed by atoms with Gasteiger partial charge in [0, 0.05) is 23.2 Å². The van der Waals surface area contributed by atoms with Gasteiger partial charge in [0.15, 0.2) is 0 Å². The lowest BCUT2D eigenvalue weighted by Gasteiger charge is -2.11. The highest BCUT2D eigenvalue weighted by Gasteiger charge is 2.28. The Kier molecular flexibility index (Phi) is 5.98. The maximum absolute atomic E-state index is 13.0. The number of nitrogens with one attached hydrogen (secondary N) is 3. The molecule has 0 saturated heterocycles. The van der Waals surface area contributed by atoms with Crippen molar-refractivity contribution < 1.29 is 18.0 Å². The lowest BCUT2D eigenvalue weighted by molar-refractivity contribution is 0.0847. The molecule has 2 aromatic heterocycles. The van der Waals surface area contributed by atoms with Crippen LogP contribution in [0.15, 0.2) is 83.9 Å². The number of hydrogen-bond donors (Lipinski definition) is 3. The van der Waals surface area contributed by atoms with Crippen molar-refractivity contribution >= 4 is 32.7 Å². The molecular formula is C25H21N5O4S. The maximum atomic E-state index is 13.0. The molecule has 2 aromatic carbocycles. The van der Waals surface area contributed by atoms with Gasteiger partial charge in [-0.15, -0.1) is 0 Å². The van der Waals surface area contributed by atoms with Crippen molar-refractivity contribution in [3.05, 3.63) is 90.1 Å². The molecule has 176 valence electrons. The molecule has 9 nitrogen and oxygen atoms in total. The summed E-state index contributed by atoms with van der Waals surface area (Å²) >= 11 is 0. The van der Waals surface area contributed by atoms with Gasteiger partial charge in [-0.25, -0.2) is 18.1 Å². The minimum Gasteiger partial charge on any atom is -0.267 e. The van der Waals surface area contributed by atoms with Crippen LogP contribution in [0.5, 0.6) is 0 Å². The molecule has 4 aromatic rings. The van der Waals surface area contributed by atoms with Crippen LogP contribution in [0.1, 0.15) is 33.6 Å². The Bertz CT molecular complexity index is 1520. The predicted octanol–water partition coefficient (Wildman–Crippen LogP) is 2.81. The average molecular weight is 488 g/mol. The number of hydrazine groups is 1. The van der Waals surface area contributed by atoms with Gasteiger partial charge < -0.3 is 0 Å². The van der Waals surface area contributed by atoms with E-state index in [-0.39, 0.29) is 16.5 Å². The molecule has 1 aliphatic rings. The van der Waals surface area contributed by atoms with Crippen LogP contribution in [-0.4, -0.2) is 36.2 Å². The van der Waals surface area contributed by atoms with Gasteiger partial charge in [-0.3, -0.25) is 25.4 Å². The number of benzene rings is 2. The molecule has 3 N–H and O–H groups in total. The molecule has 0 radical (unpaired) electrons. The summed E-state index contributed by atoms with van der Waals surface area (Å²) < 4.78 is 27.2. The zero-order valence-corrected chi connectivity index (χ0v) is 19.2. The van der Waals surface area contributed by atoms with Crippen LogP contribution in [0.25, 0.3) is 22.3 Å². The van der Waals surface area contributed by atoms with Crippen LogP contribution >= 0.6 is 0 Å². The largest absolute Gasteiger partial charge is 0.270 e. The molecule has 1 saturated carbocycles. The summed E-state index contributed by atoms with van der Waals surface area (Å²) in [5.41, 5.74) is 7.09. The Morgan fingerprint density at radius 2 is 1.54 bits per heavy atom. The van der Waals surface area contributed by atoms with Crippen LogP contribution in [0.3, 0.4) is 0 Å². The first-order valence-electron chi connectivity index (χ1n) is 10.9. The molecule has 0 bridgehead atoms. The third kappa shape index (κ3) is 5.03. The predicted molar refractivity (Wildman–Crippen MR) is 130 cm³/mol. The lowest BCUT2D eigenvalue weighted by Crippen LogP contribution is -2.41. The average Bonchev–Trinajstić information content (AvgIpc) is 3.70. The second-order valence-electron chi connectivity index (χ2n) is 8.12. The second kappa shape index (κ2) is 9.24. The van der Waals surface area contributed by atoms with Crippen LogP contribution in [0.4, 0.5) is 0 Å². The lowest BCUT2D eigenvalue weighted by atomic mass is 10.1. The first-order chi connectivity index (χ1) is 16.9. The molecule has 10 heteroatoms. The number of pyridine rings is 2. The molecule has 1 fully saturated rings. The van der Waals surface area contributed by atoms with Gasteiger partial charge in [0.2, 0.25) is 10.0 Å². The van der Waals surface area contributed by atoms with Gasteiger partial charge in [0.25, 0.3) is 11.8 Å². The van der Waals surface area contributed by atoms with Crippen molar-refractivity contribution in [2.24, 2.45) is 0 Å². The number of amides is 2. The smallest absolute Gasteiger partial charge is 0.267 e. The number of nitrogens with zero attached hydrogens (tertiary/aromatic N) is 2. The van der Waals surface area contributed by atoms with Gasteiger partial charge in [-0.05, 0) is 61.4 Å². The topological polar surface area (TPSA) is 130 Å². The van der Waals surface area contributed by atoms with Crippen LogP contribution in [0.2, 0.25) is 0 Å². The van der Waals surface area contributed by atoms with Gasteiger partial charge >= 0.3 is 0 Å². The Morgan fingerprint density at radius 3 is 2.26 bits per heavy atom. The highest BCUT2D eigenvalue weighted by atomic mass is 32.2. The van der Waals surface area contributed by atoms with Gasteiger partial charge in [0.1, 0.15) is 0 Å². The molecule has 0 atom stereocenters. The summed E-state index contributed by atoms with van der Waals surface area (Å²) in [6.45, 7) is 0. The monoisotopic (exact) mass is 487 g/mol. The SMILES string of the molecule is O=C(NNC(=O)c1cc(-c2ccccn2)nc2ccccc12)c1ccc(S(=O)(=O)NC2CC2)cc1. The number of para-hydroxylation sites is 1. The summed E-state index contributed by atoms with van der Waals surface area (Å²) in [6.07, 6.45) is 3.30. The number of sulfonamides is 1. The van der Waals surface area contributed by atoms with E-state index in [4.69, 9.17) is 0 Å². The molecule has 2 amide bonds. The zero-order valence-electron chi connectivity index (χ0n) is 18.4. The normalized spacial score (nSPS) is 13.4. The summed E-state index contributed by atoms with van der Waals surface area (Å²) in [6, 6.07) is 19.7. The maximum Gasteiger partial charge on any atom is 0.270 e. The van der Waals surface area contributed by atoms with E-state index in [2.05, 4.69) is 25.5 Å². The molecule has 1 aliphatic carbocycles. The summed E-state index contributed by atoms with van der Waals surface area (Å²) in [5.74, 6) is -1.11. The van der Waals surface area contributed by atoms with E-state index in [1.54, 1.807) is 42.6 Å². The fourth-order valence-corrected chi connectivity index (χ4v) is 4.84. The Hall–Kier alpha value is -4.15. The van der Waals surface area contributed by atoms with Crippen molar-refractivity contribution in [1.82, 2.24) is 25.5 Å². The summed E-state index contributed by atoms with van der Waals surface area (Å²) in [5, 5.41) is 0.622. The molecular weight excluding hydrogens is 466 g/mol. The fraction of sp³-hybridized carbons (Fsp3) is 0.120. The minimum absolute atomic E-state index is 0.0133. The van der Waals surface area contributed by atoms with Gasteiger partial charge in [0.05, 0.1) is 27.4 Å². The molecule has 5 rings (SSSR count). The summed E-state index contributed by atoms with van der Waals surface area (Å²) in [4.78, 5) is 34.6. The van der Waals surface area contributed by atoms with E-state index in [0.29, 0.717) is 27.9 Å². The van der Waals surface area contributed by atoms with Crippen molar-refractivity contribution in [3.63, 3.8) is 0 Å². The number of rotatable bonds is 6. The first-order valence-corrected chi connectivity index (χ1v) is 12.4. The highest BCUT2D eigenvalue weighted by molar-refractivity contribution is 7.89. The first kappa shape index (κ1) is 22.6. The Labute approximate surface area is 201 Å². The van der Waals surface area contributed by atoms with Gasteiger partial charge in [-0.2, -0.15) is 0 Å².